The molecule has 0 radical (unpaired) electrons. The highest BCUT2D eigenvalue weighted by molar-refractivity contribution is 5.64. The van der Waals surface area contributed by atoms with Crippen molar-refractivity contribution in [3.63, 3.8) is 0 Å². The minimum absolute atomic E-state index is 0.463. The molecule has 0 saturated carbocycles. The maximum absolute atomic E-state index is 5.66. The molecule has 3 rings (SSSR count). The number of nitrogens with one attached hydrogen (secondary N) is 2. The van der Waals surface area contributed by atoms with Gasteiger partial charge in [-0.25, -0.2) is 0 Å². The molecule has 0 aliphatic carbocycles. The Morgan fingerprint density at radius 3 is 2.70 bits per heavy atom. The van der Waals surface area contributed by atoms with Gasteiger partial charge in [-0.05, 0) is 27.7 Å². The SMILES string of the molecule is Cc1oc(C)c(-c2nc(N3CCN[C@H](C)C3)n[nH]2)c1C. The van der Waals surface area contributed by atoms with Gasteiger partial charge in [0.25, 0.3) is 0 Å². The van der Waals surface area contributed by atoms with Crippen molar-refractivity contribution in [3.8, 4) is 11.4 Å². The summed E-state index contributed by atoms with van der Waals surface area (Å²) in [6, 6.07) is 0.463. The van der Waals surface area contributed by atoms with Crippen LogP contribution in [-0.2, 0) is 0 Å². The van der Waals surface area contributed by atoms with E-state index in [4.69, 9.17) is 4.42 Å². The largest absolute Gasteiger partial charge is 0.466 e. The second-order valence-electron chi connectivity index (χ2n) is 5.50. The zero-order valence-corrected chi connectivity index (χ0v) is 12.4. The summed E-state index contributed by atoms with van der Waals surface area (Å²) in [6.07, 6.45) is 0. The Hall–Kier alpha value is -1.82. The van der Waals surface area contributed by atoms with Crippen molar-refractivity contribution in [1.82, 2.24) is 20.5 Å². The topological polar surface area (TPSA) is 70.0 Å². The third kappa shape index (κ3) is 2.20. The molecule has 6 heteroatoms. The second-order valence-corrected chi connectivity index (χ2v) is 5.50. The van der Waals surface area contributed by atoms with E-state index in [2.05, 4.69) is 39.2 Å². The van der Waals surface area contributed by atoms with Gasteiger partial charge in [0.2, 0.25) is 5.95 Å². The van der Waals surface area contributed by atoms with Crippen LogP contribution in [0.25, 0.3) is 11.4 Å². The first-order valence-electron chi connectivity index (χ1n) is 7.04. The monoisotopic (exact) mass is 275 g/mol. The van der Waals surface area contributed by atoms with Crippen molar-refractivity contribution in [2.75, 3.05) is 24.5 Å². The van der Waals surface area contributed by atoms with Gasteiger partial charge in [0.1, 0.15) is 11.5 Å². The summed E-state index contributed by atoms with van der Waals surface area (Å²) in [5.74, 6) is 3.38. The molecule has 2 aromatic heterocycles. The van der Waals surface area contributed by atoms with Gasteiger partial charge in [-0.15, -0.1) is 5.10 Å². The van der Waals surface area contributed by atoms with E-state index in [1.807, 2.05) is 13.8 Å². The van der Waals surface area contributed by atoms with Crippen LogP contribution in [0.15, 0.2) is 4.42 Å². The number of anilines is 1. The number of furan rings is 1. The van der Waals surface area contributed by atoms with E-state index in [9.17, 15) is 0 Å². The van der Waals surface area contributed by atoms with Crippen molar-refractivity contribution in [2.45, 2.75) is 33.7 Å². The lowest BCUT2D eigenvalue weighted by Crippen LogP contribution is -2.49. The predicted octanol–water partition coefficient (Wildman–Crippen LogP) is 1.79. The molecule has 1 atom stereocenters. The summed E-state index contributed by atoms with van der Waals surface area (Å²) in [7, 11) is 0. The quantitative estimate of drug-likeness (QED) is 0.874. The number of aryl methyl sites for hydroxylation is 2. The lowest BCUT2D eigenvalue weighted by Gasteiger charge is -2.30. The Morgan fingerprint density at radius 1 is 1.25 bits per heavy atom. The maximum Gasteiger partial charge on any atom is 0.245 e. The summed E-state index contributed by atoms with van der Waals surface area (Å²) in [5.41, 5.74) is 2.16. The second kappa shape index (κ2) is 4.94. The molecule has 0 unspecified atom stereocenters. The first-order valence-corrected chi connectivity index (χ1v) is 7.04. The van der Waals surface area contributed by atoms with E-state index in [0.29, 0.717) is 6.04 Å². The fraction of sp³-hybridized carbons (Fsp3) is 0.571. The third-order valence-corrected chi connectivity index (χ3v) is 3.92. The number of nitrogens with zero attached hydrogens (tertiary/aromatic N) is 3. The van der Waals surface area contributed by atoms with Crippen LogP contribution in [0.1, 0.15) is 24.0 Å². The fourth-order valence-corrected chi connectivity index (χ4v) is 2.76. The molecule has 6 nitrogen and oxygen atoms in total. The minimum Gasteiger partial charge on any atom is -0.466 e. The molecule has 2 N–H and O–H groups in total. The van der Waals surface area contributed by atoms with Gasteiger partial charge in [-0.2, -0.15) is 4.98 Å². The van der Waals surface area contributed by atoms with Crippen molar-refractivity contribution < 1.29 is 4.42 Å². The number of rotatable bonds is 2. The highest BCUT2D eigenvalue weighted by Crippen LogP contribution is 2.29. The van der Waals surface area contributed by atoms with Gasteiger partial charge in [0.05, 0.1) is 5.56 Å². The zero-order chi connectivity index (χ0) is 14.3. The number of hydrogen-bond acceptors (Lipinski definition) is 5. The van der Waals surface area contributed by atoms with Crippen LogP contribution in [-0.4, -0.2) is 40.9 Å². The smallest absolute Gasteiger partial charge is 0.245 e. The third-order valence-electron chi connectivity index (χ3n) is 3.92. The van der Waals surface area contributed by atoms with Crippen molar-refractivity contribution >= 4 is 5.95 Å². The first-order chi connectivity index (χ1) is 9.56. The van der Waals surface area contributed by atoms with Gasteiger partial charge >= 0.3 is 0 Å². The number of piperazine rings is 1. The lowest BCUT2D eigenvalue weighted by atomic mass is 10.1. The fourth-order valence-electron chi connectivity index (χ4n) is 2.76. The van der Waals surface area contributed by atoms with E-state index < -0.39 is 0 Å². The molecular formula is C14H21N5O. The van der Waals surface area contributed by atoms with Crippen LogP contribution < -0.4 is 10.2 Å². The Kier molecular flexibility index (Phi) is 3.25. The van der Waals surface area contributed by atoms with Gasteiger partial charge in [0.15, 0.2) is 5.82 Å². The van der Waals surface area contributed by atoms with E-state index in [-0.39, 0.29) is 0 Å². The summed E-state index contributed by atoms with van der Waals surface area (Å²) >= 11 is 0. The first kappa shape index (κ1) is 13.2. The normalized spacial score (nSPS) is 19.6. The van der Waals surface area contributed by atoms with Crippen LogP contribution in [0.5, 0.6) is 0 Å². The molecule has 0 bridgehead atoms. The van der Waals surface area contributed by atoms with Crippen LogP contribution in [0, 0.1) is 20.8 Å². The predicted molar refractivity (Wildman–Crippen MR) is 78.0 cm³/mol. The number of H-pyrrole nitrogens is 1. The average molecular weight is 275 g/mol. The van der Waals surface area contributed by atoms with Crippen LogP contribution in [0.4, 0.5) is 5.95 Å². The Bertz CT molecular complexity index is 615. The van der Waals surface area contributed by atoms with E-state index in [1.165, 1.54) is 0 Å². The highest BCUT2D eigenvalue weighted by atomic mass is 16.3. The van der Waals surface area contributed by atoms with Gasteiger partial charge in [-0.1, -0.05) is 0 Å². The van der Waals surface area contributed by atoms with Gasteiger partial charge in [0, 0.05) is 31.2 Å². The molecular weight excluding hydrogens is 254 g/mol. The van der Waals surface area contributed by atoms with Crippen molar-refractivity contribution in [3.05, 3.63) is 17.1 Å². The molecule has 1 aliphatic heterocycles. The molecule has 1 fully saturated rings. The van der Waals surface area contributed by atoms with E-state index >= 15 is 0 Å². The van der Waals surface area contributed by atoms with E-state index in [0.717, 1.165) is 54.1 Å². The van der Waals surface area contributed by atoms with Gasteiger partial charge in [-0.3, -0.25) is 5.10 Å². The van der Waals surface area contributed by atoms with Gasteiger partial charge < -0.3 is 14.6 Å². The van der Waals surface area contributed by atoms with Crippen molar-refractivity contribution in [2.24, 2.45) is 0 Å². The van der Waals surface area contributed by atoms with Crippen LogP contribution in [0.2, 0.25) is 0 Å². The molecule has 0 aromatic carbocycles. The lowest BCUT2D eigenvalue weighted by molar-refractivity contribution is 0.480. The van der Waals surface area contributed by atoms with Crippen LogP contribution in [0.3, 0.4) is 0 Å². The molecule has 0 amide bonds. The molecule has 20 heavy (non-hydrogen) atoms. The standard InChI is InChI=1S/C14H21N5O/c1-8-7-19(6-5-15-8)14-16-13(17-18-14)12-9(2)10(3)20-11(12)4/h8,15H,5-7H2,1-4H3,(H,16,17,18)/t8-/m1/s1. The Labute approximate surface area is 118 Å². The van der Waals surface area contributed by atoms with Crippen LogP contribution >= 0.6 is 0 Å². The summed E-state index contributed by atoms with van der Waals surface area (Å²) in [6.45, 7) is 11.0. The maximum atomic E-state index is 5.66. The molecule has 108 valence electrons. The number of aromatic nitrogens is 3. The molecule has 3 heterocycles. The molecule has 1 saturated heterocycles. The Morgan fingerprint density at radius 2 is 2.05 bits per heavy atom. The minimum atomic E-state index is 0.463. The summed E-state index contributed by atoms with van der Waals surface area (Å²) < 4.78 is 5.66. The average Bonchev–Trinajstić information content (AvgIpc) is 2.96. The van der Waals surface area contributed by atoms with Crippen molar-refractivity contribution in [1.29, 1.82) is 0 Å². The zero-order valence-electron chi connectivity index (χ0n) is 12.4. The summed E-state index contributed by atoms with van der Waals surface area (Å²) in [4.78, 5) is 6.85. The molecule has 0 spiro atoms. The summed E-state index contributed by atoms with van der Waals surface area (Å²) in [5, 5.41) is 10.8. The molecule has 2 aromatic rings. The Balaban J connectivity index is 1.90. The highest BCUT2D eigenvalue weighted by Gasteiger charge is 2.22. The van der Waals surface area contributed by atoms with E-state index in [1.54, 1.807) is 0 Å². The molecule has 1 aliphatic rings. The number of hydrogen-bond donors (Lipinski definition) is 2. The number of aromatic amines is 1.